The van der Waals surface area contributed by atoms with E-state index in [1.165, 1.54) is 12.1 Å². The summed E-state index contributed by atoms with van der Waals surface area (Å²) in [6.07, 6.45) is -3.30. The van der Waals surface area contributed by atoms with Gasteiger partial charge in [-0.15, -0.1) is 0 Å². The SMILES string of the molecule is O=C[C@H](OC(=O)c1ccccc1)[C@H](F)[C@@H](Br)COC(=O)c1ccccc1. The predicted octanol–water partition coefficient (Wildman–Crippen LogP) is 3.37. The van der Waals surface area contributed by atoms with Gasteiger partial charge in [-0.25, -0.2) is 14.0 Å². The first-order valence-corrected chi connectivity index (χ1v) is 8.66. The van der Waals surface area contributed by atoms with Gasteiger partial charge < -0.3 is 9.47 Å². The molecule has 0 aliphatic heterocycles. The largest absolute Gasteiger partial charge is 0.461 e. The van der Waals surface area contributed by atoms with E-state index in [0.717, 1.165) is 0 Å². The van der Waals surface area contributed by atoms with Crippen LogP contribution in [-0.4, -0.2) is 41.9 Å². The highest BCUT2D eigenvalue weighted by Gasteiger charge is 2.32. The van der Waals surface area contributed by atoms with E-state index in [9.17, 15) is 18.8 Å². The summed E-state index contributed by atoms with van der Waals surface area (Å²) >= 11 is 3.03. The van der Waals surface area contributed by atoms with Crippen LogP contribution in [0.2, 0.25) is 0 Å². The summed E-state index contributed by atoms with van der Waals surface area (Å²) in [5.74, 6) is -1.43. The Labute approximate surface area is 158 Å². The molecule has 2 rings (SSSR count). The topological polar surface area (TPSA) is 69.7 Å². The molecule has 136 valence electrons. The smallest absolute Gasteiger partial charge is 0.338 e. The van der Waals surface area contributed by atoms with Crippen LogP contribution >= 0.6 is 15.9 Å². The van der Waals surface area contributed by atoms with Gasteiger partial charge >= 0.3 is 11.9 Å². The second kappa shape index (κ2) is 9.82. The van der Waals surface area contributed by atoms with Crippen LogP contribution in [0.3, 0.4) is 0 Å². The number of aldehydes is 1. The van der Waals surface area contributed by atoms with Crippen molar-refractivity contribution in [3.05, 3.63) is 71.8 Å². The number of hydrogen-bond donors (Lipinski definition) is 0. The minimum atomic E-state index is -1.89. The molecule has 26 heavy (non-hydrogen) atoms. The minimum absolute atomic E-state index is 0.202. The molecule has 0 aromatic heterocycles. The summed E-state index contributed by atoms with van der Waals surface area (Å²) in [6.45, 7) is -0.331. The predicted molar refractivity (Wildman–Crippen MR) is 96.0 cm³/mol. The van der Waals surface area contributed by atoms with Gasteiger partial charge in [-0.2, -0.15) is 0 Å². The quantitative estimate of drug-likeness (QED) is 0.370. The van der Waals surface area contributed by atoms with Crippen LogP contribution in [0, 0.1) is 0 Å². The van der Waals surface area contributed by atoms with Crippen LogP contribution in [0.1, 0.15) is 20.7 Å². The van der Waals surface area contributed by atoms with E-state index in [1.54, 1.807) is 48.5 Å². The molecule has 0 saturated heterocycles. The molecule has 0 N–H and O–H groups in total. The number of alkyl halides is 2. The lowest BCUT2D eigenvalue weighted by Gasteiger charge is -2.20. The van der Waals surface area contributed by atoms with Crippen molar-refractivity contribution in [3.63, 3.8) is 0 Å². The van der Waals surface area contributed by atoms with Gasteiger partial charge in [0.15, 0.2) is 18.6 Å². The van der Waals surface area contributed by atoms with E-state index in [-0.39, 0.29) is 18.5 Å². The van der Waals surface area contributed by atoms with Crippen molar-refractivity contribution in [2.75, 3.05) is 6.61 Å². The van der Waals surface area contributed by atoms with Crippen molar-refractivity contribution in [3.8, 4) is 0 Å². The molecule has 0 saturated carbocycles. The minimum Gasteiger partial charge on any atom is -0.461 e. The Bertz CT molecular complexity index is 738. The second-order valence-corrected chi connectivity index (χ2v) is 6.47. The van der Waals surface area contributed by atoms with Crippen molar-refractivity contribution in [2.24, 2.45) is 0 Å². The lowest BCUT2D eigenvalue weighted by Crippen LogP contribution is -2.38. The van der Waals surface area contributed by atoms with Gasteiger partial charge in [0.1, 0.15) is 6.61 Å². The molecule has 0 aliphatic rings. The maximum Gasteiger partial charge on any atom is 0.338 e. The van der Waals surface area contributed by atoms with E-state index < -0.39 is 29.0 Å². The molecule has 0 aliphatic carbocycles. The Morgan fingerprint density at radius 2 is 1.46 bits per heavy atom. The van der Waals surface area contributed by atoms with Crippen LogP contribution in [0.25, 0.3) is 0 Å². The van der Waals surface area contributed by atoms with Crippen molar-refractivity contribution in [1.29, 1.82) is 0 Å². The van der Waals surface area contributed by atoms with Gasteiger partial charge in [-0.1, -0.05) is 52.3 Å². The summed E-state index contributed by atoms with van der Waals surface area (Å²) in [6, 6.07) is 16.2. The molecule has 5 nitrogen and oxygen atoms in total. The molecular formula is C19H16BrFO5. The van der Waals surface area contributed by atoms with Gasteiger partial charge in [0.05, 0.1) is 16.0 Å². The van der Waals surface area contributed by atoms with E-state index in [4.69, 9.17) is 9.47 Å². The Kier molecular flexibility index (Phi) is 7.47. The van der Waals surface area contributed by atoms with E-state index in [1.807, 2.05) is 0 Å². The van der Waals surface area contributed by atoms with Crippen LogP contribution in [0.15, 0.2) is 60.7 Å². The van der Waals surface area contributed by atoms with Crippen molar-refractivity contribution in [1.82, 2.24) is 0 Å². The van der Waals surface area contributed by atoms with Crippen molar-refractivity contribution < 1.29 is 28.2 Å². The first-order chi connectivity index (χ1) is 12.5. The second-order valence-electron chi connectivity index (χ2n) is 5.30. The molecule has 0 heterocycles. The first-order valence-electron chi connectivity index (χ1n) is 7.74. The van der Waals surface area contributed by atoms with E-state index >= 15 is 0 Å². The zero-order valence-electron chi connectivity index (χ0n) is 13.6. The number of esters is 2. The van der Waals surface area contributed by atoms with Gasteiger partial charge in [0.2, 0.25) is 0 Å². The molecule has 7 heteroatoms. The first kappa shape index (κ1) is 19.8. The standard InChI is InChI=1S/C19H16BrFO5/c20-15(12-25-18(23)13-7-3-1-4-8-13)17(21)16(11-22)26-19(24)14-9-5-2-6-10-14/h1-11,15-17H,12H2/t15-,16-,17+/m0/s1. The molecule has 0 fully saturated rings. The normalized spacial score (nSPS) is 13.9. The Morgan fingerprint density at radius 1 is 0.962 bits per heavy atom. The average Bonchev–Trinajstić information content (AvgIpc) is 2.70. The number of rotatable bonds is 8. The summed E-state index contributed by atoms with van der Waals surface area (Å²) in [7, 11) is 0. The molecule has 0 bridgehead atoms. The van der Waals surface area contributed by atoms with Crippen LogP contribution in [0.4, 0.5) is 4.39 Å². The number of carbonyl (C=O) groups excluding carboxylic acids is 3. The van der Waals surface area contributed by atoms with Crippen LogP contribution in [-0.2, 0) is 14.3 Å². The summed E-state index contributed by atoms with van der Waals surface area (Å²) in [5, 5.41) is 0. The average molecular weight is 423 g/mol. The van der Waals surface area contributed by atoms with Gasteiger partial charge in [-0.05, 0) is 24.3 Å². The highest BCUT2D eigenvalue weighted by Crippen LogP contribution is 2.18. The fourth-order valence-corrected chi connectivity index (χ4v) is 2.48. The third-order valence-corrected chi connectivity index (χ3v) is 4.20. The molecule has 3 atom stereocenters. The highest BCUT2D eigenvalue weighted by molar-refractivity contribution is 9.09. The number of carbonyl (C=O) groups is 3. The number of hydrogen-bond acceptors (Lipinski definition) is 5. The Morgan fingerprint density at radius 3 is 1.96 bits per heavy atom. The molecular weight excluding hydrogens is 407 g/mol. The van der Waals surface area contributed by atoms with Crippen LogP contribution < -0.4 is 0 Å². The van der Waals surface area contributed by atoms with Crippen molar-refractivity contribution in [2.45, 2.75) is 17.1 Å². The summed E-state index contributed by atoms with van der Waals surface area (Å²) < 4.78 is 24.4. The highest BCUT2D eigenvalue weighted by atomic mass is 79.9. The summed E-state index contributed by atoms with van der Waals surface area (Å²) in [4.78, 5) is 33.9. The van der Waals surface area contributed by atoms with Gasteiger partial charge in [0, 0.05) is 0 Å². The summed E-state index contributed by atoms with van der Waals surface area (Å²) in [5.41, 5.74) is 0.526. The third-order valence-electron chi connectivity index (χ3n) is 3.43. The fraction of sp³-hybridized carbons (Fsp3) is 0.211. The van der Waals surface area contributed by atoms with Gasteiger partial charge in [0.25, 0.3) is 0 Å². The zero-order valence-corrected chi connectivity index (χ0v) is 15.2. The molecule has 2 aromatic rings. The molecule has 0 radical (unpaired) electrons. The molecule has 0 unspecified atom stereocenters. The van der Waals surface area contributed by atoms with Gasteiger partial charge in [-0.3, -0.25) is 4.79 Å². The fourth-order valence-electron chi connectivity index (χ4n) is 2.04. The number of halogens is 2. The zero-order chi connectivity index (χ0) is 18.9. The third kappa shape index (κ3) is 5.49. The Balaban J connectivity index is 1.90. The van der Waals surface area contributed by atoms with E-state index in [2.05, 4.69) is 15.9 Å². The number of benzene rings is 2. The van der Waals surface area contributed by atoms with Crippen LogP contribution in [0.5, 0.6) is 0 Å². The monoisotopic (exact) mass is 422 g/mol. The molecule has 0 amide bonds. The lowest BCUT2D eigenvalue weighted by atomic mass is 10.1. The van der Waals surface area contributed by atoms with Crippen molar-refractivity contribution >= 4 is 34.2 Å². The number of ether oxygens (including phenoxy) is 2. The molecule has 2 aromatic carbocycles. The maximum atomic E-state index is 14.4. The maximum absolute atomic E-state index is 14.4. The Hall–Kier alpha value is -2.54. The lowest BCUT2D eigenvalue weighted by molar-refractivity contribution is -0.118. The van der Waals surface area contributed by atoms with E-state index in [0.29, 0.717) is 5.56 Å². The molecule has 0 spiro atoms.